The molecule has 0 heterocycles. The van der Waals surface area contributed by atoms with Crippen LogP contribution in [0.3, 0.4) is 0 Å². The molecule has 8 aromatic rings. The average Bonchev–Trinajstić information content (AvgIpc) is 3.38. The minimum atomic E-state index is -7.99. The van der Waals surface area contributed by atoms with E-state index in [1.54, 1.807) is 0 Å². The van der Waals surface area contributed by atoms with Crippen LogP contribution in [-0.4, -0.2) is 14.9 Å². The summed E-state index contributed by atoms with van der Waals surface area (Å²) in [4.78, 5) is 0. The predicted molar refractivity (Wildman–Crippen MR) is 216 cm³/mol. The summed E-state index contributed by atoms with van der Waals surface area (Å²) in [5.74, 6) is -102. The molecule has 8 rings (SSSR count). The molecule has 0 aliphatic rings. The summed E-state index contributed by atoms with van der Waals surface area (Å²) in [7, 11) is 0.137. The van der Waals surface area contributed by atoms with Crippen LogP contribution < -0.4 is 21.9 Å². The monoisotopic (exact) mass is 1140 g/mol. The van der Waals surface area contributed by atoms with Crippen molar-refractivity contribution in [3.8, 4) is 0 Å². The molecule has 0 aromatic heterocycles. The van der Waals surface area contributed by atoms with Crippen molar-refractivity contribution >= 4 is 79.9 Å². The topological polar surface area (TPSA) is 0 Å². The minimum Gasteiger partial charge on any atom is -0.210 e. The Kier molecular flexibility index (Phi) is 14.7. The fourth-order valence-corrected chi connectivity index (χ4v) is 10.6. The smallest absolute Gasteiger partial charge is 0.210 e. The molecule has 0 amide bonds. The first-order valence-corrected chi connectivity index (χ1v) is 22.7. The van der Waals surface area contributed by atoms with Gasteiger partial charge in [0.15, 0.2) is 116 Å². The lowest BCUT2D eigenvalue weighted by molar-refractivity contribution is 0.412. The first kappa shape index (κ1) is 56.8. The van der Waals surface area contributed by atoms with Gasteiger partial charge in [0.25, 0.3) is 0 Å². The first-order valence-electron chi connectivity index (χ1n) is 20.6. The van der Waals surface area contributed by atoms with E-state index in [0.29, 0.717) is 0 Å². The molecule has 0 bridgehead atoms. The van der Waals surface area contributed by atoms with Gasteiger partial charge in [0.2, 0.25) is 0 Å². The Balaban J connectivity index is 0.00000112. The third-order valence-electron chi connectivity index (χ3n) is 12.7. The SMILES string of the molecule is CC[Si+](CC)CC.Fc1c(F)c(F)c2c(F)c([B-](c3c(F)c(F)c4c(F)c(F)c(F)c(F)c4c3F)(c3c(F)c(F)c4c(F)c(F)c(F)c(F)c4c3F)c3c(F)c(F)c4c(F)c(F)c(F)c(F)c4c3F)c(F)c(F)c2c1F. The fourth-order valence-electron chi connectivity index (χ4n) is 9.15. The van der Waals surface area contributed by atoms with Crippen LogP contribution in [0.25, 0.3) is 43.1 Å². The van der Waals surface area contributed by atoms with Gasteiger partial charge in [0.05, 0.1) is 61.2 Å². The minimum absolute atomic E-state index is 0.137. The quantitative estimate of drug-likeness (QED) is 0.0646. The highest BCUT2D eigenvalue weighted by molar-refractivity contribution is 7.20. The van der Waals surface area contributed by atoms with Gasteiger partial charge in [-0.2, -0.15) is 0 Å². The molecule has 402 valence electrons. The fraction of sp³-hybridized carbons (Fsp3) is 0.130. The maximum atomic E-state index is 17.4. The second kappa shape index (κ2) is 19.6. The zero-order valence-corrected chi connectivity index (χ0v) is 37.8. The lowest BCUT2D eigenvalue weighted by Crippen LogP contribution is -2.80. The number of rotatable bonds is 7. The Morgan fingerprint density at radius 3 is 0.421 bits per heavy atom. The number of halogens is 28. The van der Waals surface area contributed by atoms with Crippen molar-refractivity contribution in [2.45, 2.75) is 38.9 Å². The zero-order valence-electron chi connectivity index (χ0n) is 36.8. The van der Waals surface area contributed by atoms with Crippen LogP contribution in [0, 0.1) is 163 Å². The van der Waals surface area contributed by atoms with Crippen molar-refractivity contribution in [3.05, 3.63) is 163 Å². The maximum Gasteiger partial charge on any atom is 0.313 e. The van der Waals surface area contributed by atoms with Gasteiger partial charge in [-0.05, 0) is 20.8 Å². The average molecular weight is 1140 g/mol. The van der Waals surface area contributed by atoms with Gasteiger partial charge >= 0.3 is 8.80 Å². The van der Waals surface area contributed by atoms with Crippen LogP contribution in [0.15, 0.2) is 0 Å². The Morgan fingerprint density at radius 1 is 0.184 bits per heavy atom. The molecule has 0 fully saturated rings. The summed E-state index contributed by atoms with van der Waals surface area (Å²) >= 11 is 0. The molecule has 0 aliphatic heterocycles. The van der Waals surface area contributed by atoms with Gasteiger partial charge < -0.3 is 0 Å². The van der Waals surface area contributed by atoms with E-state index in [1.807, 2.05) is 0 Å². The Bertz CT molecular complexity index is 3400. The number of fused-ring (bicyclic) bond motifs is 4. The highest BCUT2D eigenvalue weighted by atomic mass is 28.3. The molecular weight excluding hydrogens is 1120 g/mol. The molecule has 8 aromatic carbocycles. The normalized spacial score (nSPS) is 12.0. The van der Waals surface area contributed by atoms with Gasteiger partial charge in [-0.1, -0.05) is 0 Å². The van der Waals surface area contributed by atoms with E-state index in [2.05, 4.69) is 20.8 Å². The second-order valence-electron chi connectivity index (χ2n) is 16.1. The van der Waals surface area contributed by atoms with E-state index in [-0.39, 0.29) is 8.80 Å². The first-order chi connectivity index (χ1) is 35.3. The lowest BCUT2D eigenvalue weighted by Gasteiger charge is -2.45. The molecule has 0 radical (unpaired) electrons. The second-order valence-corrected chi connectivity index (χ2v) is 19.7. The molecule has 0 aliphatic carbocycles. The largest absolute Gasteiger partial charge is 0.313 e. The molecular formula is C46H15BF28Si. The summed E-state index contributed by atoms with van der Waals surface area (Å²) in [5.41, 5.74) is -15.9. The highest BCUT2D eigenvalue weighted by Gasteiger charge is 2.52. The maximum absolute atomic E-state index is 17.4. The van der Waals surface area contributed by atoms with Gasteiger partial charge in [0.1, 0.15) is 52.7 Å². The van der Waals surface area contributed by atoms with Crippen LogP contribution in [-0.2, 0) is 0 Å². The van der Waals surface area contributed by atoms with E-state index >= 15 is 87.8 Å². The molecule has 0 nitrogen and oxygen atoms in total. The van der Waals surface area contributed by atoms with E-state index in [4.69, 9.17) is 0 Å². The van der Waals surface area contributed by atoms with Gasteiger partial charge in [-0.3, -0.25) is 0 Å². The Morgan fingerprint density at radius 2 is 0.303 bits per heavy atom. The molecule has 0 N–H and O–H groups in total. The van der Waals surface area contributed by atoms with Crippen LogP contribution >= 0.6 is 0 Å². The van der Waals surface area contributed by atoms with Gasteiger partial charge in [0, 0.05) is 0 Å². The van der Waals surface area contributed by atoms with E-state index in [1.165, 1.54) is 18.1 Å². The van der Waals surface area contributed by atoms with Crippen LogP contribution in [0.1, 0.15) is 20.8 Å². The molecule has 76 heavy (non-hydrogen) atoms. The molecule has 0 saturated carbocycles. The molecule has 0 atom stereocenters. The Hall–Kier alpha value is -6.88. The van der Waals surface area contributed by atoms with Crippen LogP contribution in [0.2, 0.25) is 18.1 Å². The molecule has 0 saturated heterocycles. The molecule has 0 spiro atoms. The van der Waals surface area contributed by atoms with Crippen LogP contribution in [0.4, 0.5) is 123 Å². The molecule has 0 unspecified atom stereocenters. The summed E-state index contributed by atoms with van der Waals surface area (Å²) in [6.07, 6.45) is -7.99. The standard InChI is InChI=1S/C40BF28.C6H15Si/c42-13-1-5(25(54)37(66)33(62)21(1)50)17(46)29(58)9(13)41(10-14(43)2-6(18(47)30(10)59)26(55)38(67)34(63)22(2)51,11-15(44)3-7(19(48)31(11)60)27(56)39(68)35(64)23(3)52)12-16(45)4-8(20(49)32(12)61)28(57)40(69)36(65)24(4)53;1-4-7(5-2)6-3/h;4-6H2,1-3H3/q-1;+1. The van der Waals surface area contributed by atoms with E-state index in [9.17, 15) is 35.1 Å². The van der Waals surface area contributed by atoms with E-state index < -0.39 is 234 Å². The van der Waals surface area contributed by atoms with Crippen molar-refractivity contribution in [1.29, 1.82) is 0 Å². The van der Waals surface area contributed by atoms with Crippen molar-refractivity contribution in [2.75, 3.05) is 0 Å². The number of hydrogen-bond acceptors (Lipinski definition) is 0. The summed E-state index contributed by atoms with van der Waals surface area (Å²) in [5, 5.41) is -25.0. The van der Waals surface area contributed by atoms with Crippen molar-refractivity contribution in [2.24, 2.45) is 0 Å². The predicted octanol–water partition coefficient (Wildman–Crippen LogP) is 14.1. The highest BCUT2D eigenvalue weighted by Crippen LogP contribution is 2.41. The Labute approximate surface area is 404 Å². The van der Waals surface area contributed by atoms with E-state index in [0.717, 1.165) is 0 Å². The summed E-state index contributed by atoms with van der Waals surface area (Å²) in [6.45, 7) is 6.92. The summed E-state index contributed by atoms with van der Waals surface area (Å²) in [6, 6.07) is 4.37. The number of benzene rings is 8. The zero-order chi connectivity index (χ0) is 57.3. The van der Waals surface area contributed by atoms with Crippen molar-refractivity contribution in [1.82, 2.24) is 0 Å². The van der Waals surface area contributed by atoms with Crippen molar-refractivity contribution < 1.29 is 123 Å². The third kappa shape index (κ3) is 7.40. The summed E-state index contributed by atoms with van der Waals surface area (Å²) < 4.78 is 442. The molecule has 30 heteroatoms. The van der Waals surface area contributed by atoms with Gasteiger partial charge in [-0.25, -0.2) is 123 Å². The third-order valence-corrected chi connectivity index (χ3v) is 15.7. The van der Waals surface area contributed by atoms with Crippen LogP contribution in [0.5, 0.6) is 0 Å². The number of hydrogen-bond donors (Lipinski definition) is 0. The lowest BCUT2D eigenvalue weighted by atomic mass is 9.12. The van der Waals surface area contributed by atoms with Crippen molar-refractivity contribution in [3.63, 3.8) is 0 Å². The van der Waals surface area contributed by atoms with Gasteiger partial charge in [-0.15, -0.1) is 21.9 Å².